The van der Waals surface area contributed by atoms with E-state index in [1.54, 1.807) is 0 Å². The van der Waals surface area contributed by atoms with E-state index in [0.29, 0.717) is 12.5 Å². The Bertz CT molecular complexity index is 332. The topological polar surface area (TPSA) is 66.4 Å². The predicted octanol–water partition coefficient (Wildman–Crippen LogP) is 0.950. The molecule has 102 valence electrons. The van der Waals surface area contributed by atoms with Gasteiger partial charge >= 0.3 is 0 Å². The van der Waals surface area contributed by atoms with E-state index in [1.165, 1.54) is 6.26 Å². The second kappa shape index (κ2) is 5.67. The highest BCUT2D eigenvalue weighted by molar-refractivity contribution is 7.90. The van der Waals surface area contributed by atoms with Crippen molar-refractivity contribution in [1.82, 2.24) is 5.32 Å². The van der Waals surface area contributed by atoms with Crippen molar-refractivity contribution in [3.8, 4) is 0 Å². The lowest BCUT2D eigenvalue weighted by molar-refractivity contribution is -0.00736. The van der Waals surface area contributed by atoms with Crippen molar-refractivity contribution in [1.29, 1.82) is 0 Å². The van der Waals surface area contributed by atoms with Crippen LogP contribution in [0.2, 0.25) is 0 Å². The van der Waals surface area contributed by atoms with Gasteiger partial charge in [0.1, 0.15) is 9.84 Å². The molecule has 2 N–H and O–H groups in total. The Morgan fingerprint density at radius 3 is 2.41 bits per heavy atom. The van der Waals surface area contributed by atoms with Crippen LogP contribution in [0.1, 0.15) is 39.5 Å². The molecule has 0 aliphatic heterocycles. The molecule has 0 amide bonds. The van der Waals surface area contributed by atoms with E-state index >= 15 is 0 Å². The summed E-state index contributed by atoms with van der Waals surface area (Å²) in [5, 5.41) is 13.5. The minimum Gasteiger partial charge on any atom is -0.389 e. The standard InChI is InChI=1S/C12H25NO3S/c1-10-4-6-12(14,7-5-10)9-13-11(2)8-17(3,15)16/h10-11,13-14H,4-9H2,1-3H3. The van der Waals surface area contributed by atoms with Crippen LogP contribution in [-0.4, -0.2) is 43.7 Å². The second-order valence-corrected chi connectivity index (χ2v) is 7.97. The molecule has 1 fully saturated rings. The molecule has 0 saturated heterocycles. The number of hydrogen-bond donors (Lipinski definition) is 2. The lowest BCUT2D eigenvalue weighted by atomic mass is 9.79. The van der Waals surface area contributed by atoms with Crippen LogP contribution in [0.5, 0.6) is 0 Å². The van der Waals surface area contributed by atoms with Crippen molar-refractivity contribution in [2.24, 2.45) is 5.92 Å². The molecule has 1 unspecified atom stereocenters. The fourth-order valence-corrected chi connectivity index (χ4v) is 3.38. The van der Waals surface area contributed by atoms with Crippen molar-refractivity contribution in [3.63, 3.8) is 0 Å². The average molecular weight is 263 g/mol. The summed E-state index contributed by atoms with van der Waals surface area (Å²) in [5.74, 6) is 0.822. The van der Waals surface area contributed by atoms with Crippen LogP contribution in [0, 0.1) is 5.92 Å². The molecule has 0 aromatic carbocycles. The first-order chi connectivity index (χ1) is 7.70. The molecular weight excluding hydrogens is 238 g/mol. The quantitative estimate of drug-likeness (QED) is 0.775. The summed E-state index contributed by atoms with van der Waals surface area (Å²) in [7, 11) is -2.95. The largest absolute Gasteiger partial charge is 0.389 e. The van der Waals surface area contributed by atoms with Gasteiger partial charge in [-0.05, 0) is 38.5 Å². The molecule has 0 heterocycles. The molecule has 17 heavy (non-hydrogen) atoms. The fourth-order valence-electron chi connectivity index (χ4n) is 2.35. The number of rotatable bonds is 5. The van der Waals surface area contributed by atoms with E-state index in [2.05, 4.69) is 12.2 Å². The average Bonchev–Trinajstić information content (AvgIpc) is 2.18. The van der Waals surface area contributed by atoms with Crippen LogP contribution in [-0.2, 0) is 9.84 Å². The molecule has 5 heteroatoms. The monoisotopic (exact) mass is 263 g/mol. The lowest BCUT2D eigenvalue weighted by Gasteiger charge is -2.35. The van der Waals surface area contributed by atoms with Crippen molar-refractivity contribution < 1.29 is 13.5 Å². The summed E-state index contributed by atoms with van der Waals surface area (Å²) in [4.78, 5) is 0. The van der Waals surface area contributed by atoms with E-state index in [-0.39, 0.29) is 11.8 Å². The van der Waals surface area contributed by atoms with Gasteiger partial charge in [-0.2, -0.15) is 0 Å². The van der Waals surface area contributed by atoms with Gasteiger partial charge in [-0.25, -0.2) is 8.42 Å². The third-order valence-corrected chi connectivity index (χ3v) is 4.64. The Labute approximate surface area is 105 Å². The van der Waals surface area contributed by atoms with Crippen LogP contribution in [0.4, 0.5) is 0 Å². The molecule has 0 aromatic rings. The van der Waals surface area contributed by atoms with Crippen LogP contribution in [0.15, 0.2) is 0 Å². The molecule has 1 aliphatic carbocycles. The van der Waals surface area contributed by atoms with Gasteiger partial charge in [-0.1, -0.05) is 6.92 Å². The number of sulfone groups is 1. The highest BCUT2D eigenvalue weighted by Gasteiger charge is 2.31. The molecule has 1 rings (SSSR count). The maximum absolute atomic E-state index is 11.1. The summed E-state index contributed by atoms with van der Waals surface area (Å²) >= 11 is 0. The molecule has 0 aromatic heterocycles. The Hall–Kier alpha value is -0.130. The minimum atomic E-state index is -2.95. The summed E-state index contributed by atoms with van der Waals surface area (Å²) < 4.78 is 22.2. The van der Waals surface area contributed by atoms with E-state index in [1.807, 2.05) is 6.92 Å². The first-order valence-electron chi connectivity index (χ1n) is 6.34. The molecule has 0 radical (unpaired) electrons. The van der Waals surface area contributed by atoms with Crippen LogP contribution in [0.25, 0.3) is 0 Å². The van der Waals surface area contributed by atoms with Gasteiger partial charge < -0.3 is 10.4 Å². The molecule has 0 bridgehead atoms. The lowest BCUT2D eigenvalue weighted by Crippen LogP contribution is -2.47. The summed E-state index contributed by atoms with van der Waals surface area (Å²) in [6.07, 6.45) is 4.97. The molecule has 1 aliphatic rings. The minimum absolute atomic E-state index is 0.103. The third-order valence-electron chi connectivity index (χ3n) is 3.54. The summed E-state index contributed by atoms with van der Waals surface area (Å²) in [6, 6.07) is -0.103. The maximum atomic E-state index is 11.1. The third kappa shape index (κ3) is 5.84. The Morgan fingerprint density at radius 2 is 1.94 bits per heavy atom. The van der Waals surface area contributed by atoms with Gasteiger partial charge in [0, 0.05) is 18.8 Å². The van der Waals surface area contributed by atoms with Gasteiger partial charge in [0.05, 0.1) is 11.4 Å². The van der Waals surface area contributed by atoms with Crippen molar-refractivity contribution in [2.45, 2.75) is 51.2 Å². The SMILES string of the molecule is CC1CCC(O)(CNC(C)CS(C)(=O)=O)CC1. The summed E-state index contributed by atoms with van der Waals surface area (Å²) in [5.41, 5.74) is -0.641. The first kappa shape index (κ1) is 14.9. The molecular formula is C12H25NO3S. The Kier molecular flexibility index (Phi) is 4.98. The van der Waals surface area contributed by atoms with Crippen LogP contribution < -0.4 is 5.32 Å². The van der Waals surface area contributed by atoms with E-state index in [0.717, 1.165) is 25.7 Å². The van der Waals surface area contributed by atoms with E-state index in [4.69, 9.17) is 0 Å². The van der Waals surface area contributed by atoms with Crippen LogP contribution >= 0.6 is 0 Å². The second-order valence-electron chi connectivity index (χ2n) is 5.78. The fraction of sp³-hybridized carbons (Fsp3) is 1.00. The van der Waals surface area contributed by atoms with E-state index < -0.39 is 15.4 Å². The molecule has 0 spiro atoms. The van der Waals surface area contributed by atoms with Gasteiger partial charge in [0.15, 0.2) is 0 Å². The van der Waals surface area contributed by atoms with Crippen molar-refractivity contribution >= 4 is 9.84 Å². The van der Waals surface area contributed by atoms with Gasteiger partial charge in [0.2, 0.25) is 0 Å². The first-order valence-corrected chi connectivity index (χ1v) is 8.40. The van der Waals surface area contributed by atoms with Crippen molar-refractivity contribution in [3.05, 3.63) is 0 Å². The van der Waals surface area contributed by atoms with E-state index in [9.17, 15) is 13.5 Å². The van der Waals surface area contributed by atoms with Gasteiger partial charge in [-0.15, -0.1) is 0 Å². The number of hydrogen-bond acceptors (Lipinski definition) is 4. The molecule has 1 saturated carbocycles. The zero-order valence-corrected chi connectivity index (χ0v) is 11.9. The smallest absolute Gasteiger partial charge is 0.148 e. The zero-order chi connectivity index (χ0) is 13.1. The molecule has 1 atom stereocenters. The molecule has 4 nitrogen and oxygen atoms in total. The maximum Gasteiger partial charge on any atom is 0.148 e. The number of aliphatic hydroxyl groups is 1. The van der Waals surface area contributed by atoms with Gasteiger partial charge in [0.25, 0.3) is 0 Å². The Balaban J connectivity index is 2.35. The summed E-state index contributed by atoms with van der Waals surface area (Å²) in [6.45, 7) is 4.55. The highest BCUT2D eigenvalue weighted by Crippen LogP contribution is 2.31. The van der Waals surface area contributed by atoms with Crippen molar-refractivity contribution in [2.75, 3.05) is 18.6 Å². The highest BCUT2D eigenvalue weighted by atomic mass is 32.2. The normalized spacial score (nSPS) is 32.4. The van der Waals surface area contributed by atoms with Gasteiger partial charge in [-0.3, -0.25) is 0 Å². The predicted molar refractivity (Wildman–Crippen MR) is 69.8 cm³/mol. The Morgan fingerprint density at radius 1 is 1.41 bits per heavy atom. The number of nitrogens with one attached hydrogen (secondary N) is 1. The zero-order valence-electron chi connectivity index (χ0n) is 11.1. The van der Waals surface area contributed by atoms with Crippen LogP contribution in [0.3, 0.4) is 0 Å².